The number of amides is 3. The summed E-state index contributed by atoms with van der Waals surface area (Å²) in [7, 11) is 0. The number of hydrogen-bond donors (Lipinski definition) is 4. The van der Waals surface area contributed by atoms with Crippen LogP contribution >= 0.6 is 0 Å². The molecule has 2 rings (SSSR count). The lowest BCUT2D eigenvalue weighted by Crippen LogP contribution is -2.47. The molecule has 9 heteroatoms. The third kappa shape index (κ3) is 4.30. The van der Waals surface area contributed by atoms with E-state index in [1.165, 1.54) is 0 Å². The number of rotatable bonds is 8. The standard InChI is InChI=1S/C15H25N5O4/c1-8(2)7-9(16)12(21)18-5-3-4-6-19-15(17)20-13(22)10-11(24-10)14(20)23/h8-11H,3-7,16H2,1-2H3,(H2,17,19)(H,18,21)/t9-,10-,11-/m0/s1. The average Bonchev–Trinajstić information content (AvgIpc) is 3.25. The van der Waals surface area contributed by atoms with Gasteiger partial charge in [-0.1, -0.05) is 13.8 Å². The molecule has 5 N–H and O–H groups in total. The third-order valence-electron chi connectivity index (χ3n) is 3.90. The van der Waals surface area contributed by atoms with Crippen LogP contribution in [0.5, 0.6) is 0 Å². The van der Waals surface area contributed by atoms with Gasteiger partial charge in [0.2, 0.25) is 11.9 Å². The summed E-state index contributed by atoms with van der Waals surface area (Å²) in [4.78, 5) is 35.9. The molecule has 0 bridgehead atoms. The molecule has 24 heavy (non-hydrogen) atoms. The number of fused-ring (bicyclic) bond motifs is 1. The lowest BCUT2D eigenvalue weighted by Gasteiger charge is -2.18. The van der Waals surface area contributed by atoms with Gasteiger partial charge in [0, 0.05) is 13.1 Å². The van der Waals surface area contributed by atoms with Gasteiger partial charge in [-0.2, -0.15) is 0 Å². The van der Waals surface area contributed by atoms with Gasteiger partial charge < -0.3 is 21.1 Å². The lowest BCUT2D eigenvalue weighted by atomic mass is 10.0. The quantitative estimate of drug-likeness (QED) is 0.146. The van der Waals surface area contributed by atoms with Crippen molar-refractivity contribution in [1.82, 2.24) is 15.5 Å². The summed E-state index contributed by atoms with van der Waals surface area (Å²) in [6.07, 6.45) is 0.654. The van der Waals surface area contributed by atoms with Crippen LogP contribution in [0.3, 0.4) is 0 Å². The average molecular weight is 339 g/mol. The van der Waals surface area contributed by atoms with Gasteiger partial charge in [0.15, 0.2) is 12.2 Å². The molecular formula is C15H25N5O4. The van der Waals surface area contributed by atoms with Gasteiger partial charge >= 0.3 is 0 Å². The molecule has 2 aliphatic rings. The second kappa shape index (κ2) is 7.71. The van der Waals surface area contributed by atoms with E-state index < -0.39 is 30.1 Å². The monoisotopic (exact) mass is 339 g/mol. The molecule has 2 fully saturated rings. The predicted octanol–water partition coefficient (Wildman–Crippen LogP) is -1.08. The van der Waals surface area contributed by atoms with Crippen LogP contribution < -0.4 is 16.4 Å². The van der Waals surface area contributed by atoms with E-state index in [1.54, 1.807) is 0 Å². The predicted molar refractivity (Wildman–Crippen MR) is 85.9 cm³/mol. The van der Waals surface area contributed by atoms with Gasteiger partial charge in [0.25, 0.3) is 11.8 Å². The molecule has 0 spiro atoms. The molecule has 3 amide bonds. The number of nitrogens with one attached hydrogen (secondary N) is 3. The van der Waals surface area contributed by atoms with Gasteiger partial charge in [-0.3, -0.25) is 19.8 Å². The first-order chi connectivity index (χ1) is 11.3. The minimum absolute atomic E-state index is 0.156. The molecule has 0 aromatic rings. The SMILES string of the molecule is CC(C)C[C@H](N)C(=O)NCCCCNC(=N)N1C(=O)[C@H]2O[C@@H]2C1=O. The first-order valence-electron chi connectivity index (χ1n) is 8.22. The number of carbonyl (C=O) groups excluding carboxylic acids is 3. The van der Waals surface area contributed by atoms with Gasteiger partial charge in [-0.05, 0) is 25.2 Å². The summed E-state index contributed by atoms with van der Waals surface area (Å²) >= 11 is 0. The Morgan fingerprint density at radius 3 is 2.29 bits per heavy atom. The Morgan fingerprint density at radius 2 is 1.75 bits per heavy atom. The van der Waals surface area contributed by atoms with Gasteiger partial charge in [0.05, 0.1) is 6.04 Å². The molecule has 134 valence electrons. The number of nitrogens with two attached hydrogens (primary N) is 1. The van der Waals surface area contributed by atoms with E-state index in [-0.39, 0.29) is 11.9 Å². The Bertz CT molecular complexity index is 516. The van der Waals surface area contributed by atoms with E-state index in [1.807, 2.05) is 13.8 Å². The molecule has 0 saturated carbocycles. The number of unbranched alkanes of at least 4 members (excludes halogenated alkanes) is 1. The third-order valence-corrected chi connectivity index (χ3v) is 3.90. The number of likely N-dealkylation sites (tertiary alicyclic amines) is 1. The number of carbonyl (C=O) groups is 3. The fourth-order valence-corrected chi connectivity index (χ4v) is 2.56. The van der Waals surface area contributed by atoms with Crippen LogP contribution in [0.2, 0.25) is 0 Å². The number of hydrogen-bond acceptors (Lipinski definition) is 6. The van der Waals surface area contributed by atoms with Gasteiger partial charge in [0.1, 0.15) is 0 Å². The zero-order valence-corrected chi connectivity index (χ0v) is 14.0. The zero-order valence-electron chi connectivity index (χ0n) is 14.0. The molecule has 0 aromatic carbocycles. The first kappa shape index (κ1) is 18.3. The van der Waals surface area contributed by atoms with Crippen LogP contribution in [0.25, 0.3) is 0 Å². The molecule has 9 nitrogen and oxygen atoms in total. The van der Waals surface area contributed by atoms with Gasteiger partial charge in [-0.15, -0.1) is 0 Å². The Kier molecular flexibility index (Phi) is 5.89. The number of epoxide rings is 1. The van der Waals surface area contributed by atoms with Crippen molar-refractivity contribution in [3.63, 3.8) is 0 Å². The minimum atomic E-state index is -0.690. The molecule has 0 aliphatic carbocycles. The summed E-state index contributed by atoms with van der Waals surface area (Å²) in [5, 5.41) is 13.3. The van der Waals surface area contributed by atoms with E-state index in [9.17, 15) is 14.4 Å². The van der Waals surface area contributed by atoms with Crippen molar-refractivity contribution in [1.29, 1.82) is 5.41 Å². The summed E-state index contributed by atoms with van der Waals surface area (Å²) in [5.41, 5.74) is 5.78. The molecule has 2 aliphatic heterocycles. The fraction of sp³-hybridized carbons (Fsp3) is 0.733. The number of nitrogens with zero attached hydrogens (tertiary/aromatic N) is 1. The lowest BCUT2D eigenvalue weighted by molar-refractivity contribution is -0.140. The van der Waals surface area contributed by atoms with Crippen molar-refractivity contribution < 1.29 is 19.1 Å². The Balaban J connectivity index is 1.55. The number of morpholine rings is 1. The molecule has 2 heterocycles. The smallest absolute Gasteiger partial charge is 0.268 e. The molecule has 0 unspecified atom stereocenters. The second-order valence-electron chi connectivity index (χ2n) is 6.50. The first-order valence-corrected chi connectivity index (χ1v) is 8.22. The Hall–Kier alpha value is -2.00. The molecule has 2 saturated heterocycles. The molecule has 3 atom stereocenters. The van der Waals surface area contributed by atoms with Crippen LogP contribution in [0.4, 0.5) is 0 Å². The number of guanidine groups is 1. The highest BCUT2D eigenvalue weighted by molar-refractivity contribution is 6.21. The largest absolute Gasteiger partial charge is 0.356 e. The minimum Gasteiger partial charge on any atom is -0.356 e. The molecule has 0 aromatic heterocycles. The maximum absolute atomic E-state index is 11.7. The topological polar surface area (TPSA) is 141 Å². The van der Waals surface area contributed by atoms with Crippen molar-refractivity contribution in [3.05, 3.63) is 0 Å². The fourth-order valence-electron chi connectivity index (χ4n) is 2.56. The maximum atomic E-state index is 11.7. The highest BCUT2D eigenvalue weighted by Gasteiger charge is 2.62. The van der Waals surface area contributed by atoms with Crippen molar-refractivity contribution in [2.75, 3.05) is 13.1 Å². The molecular weight excluding hydrogens is 314 g/mol. The second-order valence-corrected chi connectivity index (χ2v) is 6.50. The Labute approximate surface area is 140 Å². The number of ether oxygens (including phenoxy) is 1. The summed E-state index contributed by atoms with van der Waals surface area (Å²) < 4.78 is 4.87. The van der Waals surface area contributed by atoms with Crippen molar-refractivity contribution >= 4 is 23.7 Å². The maximum Gasteiger partial charge on any atom is 0.268 e. The van der Waals surface area contributed by atoms with Crippen molar-refractivity contribution in [2.45, 2.75) is 51.4 Å². The van der Waals surface area contributed by atoms with Crippen molar-refractivity contribution in [3.8, 4) is 0 Å². The van der Waals surface area contributed by atoms with Crippen LogP contribution in [-0.4, -0.2) is 59.9 Å². The van der Waals surface area contributed by atoms with E-state index in [0.717, 1.165) is 4.90 Å². The normalized spacial score (nSPS) is 23.2. The van der Waals surface area contributed by atoms with E-state index in [2.05, 4.69) is 10.6 Å². The van der Waals surface area contributed by atoms with Crippen LogP contribution in [0.15, 0.2) is 0 Å². The van der Waals surface area contributed by atoms with Crippen LogP contribution in [0.1, 0.15) is 33.1 Å². The van der Waals surface area contributed by atoms with E-state index in [4.69, 9.17) is 15.9 Å². The zero-order chi connectivity index (χ0) is 17.9. The van der Waals surface area contributed by atoms with E-state index >= 15 is 0 Å². The van der Waals surface area contributed by atoms with Crippen LogP contribution in [-0.2, 0) is 19.1 Å². The number of imide groups is 1. The van der Waals surface area contributed by atoms with Gasteiger partial charge in [-0.25, -0.2) is 4.90 Å². The molecule has 0 radical (unpaired) electrons. The summed E-state index contributed by atoms with van der Waals surface area (Å²) in [5.74, 6) is -0.961. The van der Waals surface area contributed by atoms with Crippen LogP contribution in [0, 0.1) is 11.3 Å². The Morgan fingerprint density at radius 1 is 1.21 bits per heavy atom. The summed E-state index contributed by atoms with van der Waals surface area (Å²) in [6, 6.07) is -0.489. The van der Waals surface area contributed by atoms with E-state index in [0.29, 0.717) is 38.3 Å². The highest BCUT2D eigenvalue weighted by Crippen LogP contribution is 2.32. The summed E-state index contributed by atoms with van der Waals surface area (Å²) in [6.45, 7) is 4.96. The highest BCUT2D eigenvalue weighted by atomic mass is 16.6. The van der Waals surface area contributed by atoms with Crippen molar-refractivity contribution in [2.24, 2.45) is 11.7 Å².